The van der Waals surface area contributed by atoms with E-state index >= 15 is 0 Å². The van der Waals surface area contributed by atoms with E-state index in [9.17, 15) is 9.18 Å². The molecule has 0 saturated carbocycles. The minimum Gasteiger partial charge on any atom is -0.338 e. The van der Waals surface area contributed by atoms with Crippen molar-refractivity contribution in [2.45, 2.75) is 25.9 Å². The molecule has 1 amide bonds. The largest absolute Gasteiger partial charge is 0.338 e. The summed E-state index contributed by atoms with van der Waals surface area (Å²) in [4.78, 5) is 16.8. The highest BCUT2D eigenvalue weighted by Crippen LogP contribution is 2.19. The van der Waals surface area contributed by atoms with E-state index in [-0.39, 0.29) is 17.8 Å². The summed E-state index contributed by atoms with van der Waals surface area (Å²) in [5.41, 5.74) is 0.694. The van der Waals surface area contributed by atoms with E-state index in [1.54, 1.807) is 29.2 Å². The summed E-state index contributed by atoms with van der Waals surface area (Å²) in [5, 5.41) is 4.70. The molecule has 0 spiro atoms. The summed E-state index contributed by atoms with van der Waals surface area (Å²) in [6.07, 6.45) is 3.89. The van der Waals surface area contributed by atoms with Crippen LogP contribution < -0.4 is 0 Å². The van der Waals surface area contributed by atoms with Crippen molar-refractivity contribution in [2.75, 3.05) is 26.2 Å². The second-order valence-corrected chi connectivity index (χ2v) is 6.69. The van der Waals surface area contributed by atoms with Gasteiger partial charge in [-0.3, -0.25) is 14.4 Å². The lowest BCUT2D eigenvalue weighted by Crippen LogP contribution is -2.50. The van der Waals surface area contributed by atoms with Crippen LogP contribution in [0.15, 0.2) is 36.7 Å². The molecule has 0 N–H and O–H groups in total. The second-order valence-electron chi connectivity index (χ2n) is 6.26. The highest BCUT2D eigenvalue weighted by molar-refractivity contribution is 6.30. The average molecular weight is 365 g/mol. The number of carbonyl (C=O) groups excluding carboxylic acids is 1. The van der Waals surface area contributed by atoms with Crippen LogP contribution in [0.1, 0.15) is 24.9 Å². The number of nitrogens with zero attached hydrogens (tertiary/aromatic N) is 4. The highest BCUT2D eigenvalue weighted by atomic mass is 35.5. The molecule has 7 heteroatoms. The maximum Gasteiger partial charge on any atom is 0.247 e. The highest BCUT2D eigenvalue weighted by Gasteiger charge is 2.28. The Kier molecular flexibility index (Phi) is 5.71. The summed E-state index contributed by atoms with van der Waals surface area (Å²) in [6, 6.07) is 6.50. The van der Waals surface area contributed by atoms with E-state index in [0.29, 0.717) is 36.6 Å². The van der Waals surface area contributed by atoms with E-state index < -0.39 is 0 Å². The number of amides is 1. The van der Waals surface area contributed by atoms with E-state index in [0.717, 1.165) is 13.1 Å². The van der Waals surface area contributed by atoms with Gasteiger partial charge < -0.3 is 4.90 Å². The van der Waals surface area contributed by atoms with Crippen molar-refractivity contribution in [3.63, 3.8) is 0 Å². The first-order valence-electron chi connectivity index (χ1n) is 8.52. The number of aromatic nitrogens is 2. The molecule has 1 aliphatic rings. The lowest BCUT2D eigenvalue weighted by Gasteiger charge is -2.36. The van der Waals surface area contributed by atoms with Gasteiger partial charge in [-0.15, -0.1) is 0 Å². The summed E-state index contributed by atoms with van der Waals surface area (Å²) in [5.74, 6) is -0.115. The molecule has 5 nitrogen and oxygen atoms in total. The summed E-state index contributed by atoms with van der Waals surface area (Å²) in [6.45, 7) is 5.28. The Balaban J connectivity index is 1.58. The zero-order valence-corrected chi connectivity index (χ0v) is 15.0. The molecule has 1 unspecified atom stereocenters. The third-order valence-corrected chi connectivity index (χ3v) is 4.79. The number of rotatable bonds is 5. The van der Waals surface area contributed by atoms with Crippen LogP contribution in [0, 0.1) is 5.82 Å². The maximum absolute atomic E-state index is 13.8. The van der Waals surface area contributed by atoms with Gasteiger partial charge in [0, 0.05) is 44.5 Å². The Morgan fingerprint density at radius 2 is 2.00 bits per heavy atom. The molecule has 0 bridgehead atoms. The minimum absolute atomic E-state index is 0.0628. The zero-order chi connectivity index (χ0) is 17.8. The molecule has 2 aromatic rings. The summed E-state index contributed by atoms with van der Waals surface area (Å²) in [7, 11) is 0. The topological polar surface area (TPSA) is 41.4 Å². The van der Waals surface area contributed by atoms with Crippen LogP contribution in [0.5, 0.6) is 0 Å². The Labute approximate surface area is 152 Å². The standard InChI is InChI=1S/C18H22ClFN4O/c1-2-17(24-13-15(19)11-21-24)18(25)23-9-7-22(8-10-23)12-14-5-3-4-6-16(14)20/h3-6,11,13,17H,2,7-10,12H2,1H3. The predicted molar refractivity (Wildman–Crippen MR) is 94.8 cm³/mol. The molecule has 1 aliphatic heterocycles. The van der Waals surface area contributed by atoms with Gasteiger partial charge in [0.05, 0.1) is 11.2 Å². The minimum atomic E-state index is -0.328. The van der Waals surface area contributed by atoms with Crippen LogP contribution in [0.4, 0.5) is 4.39 Å². The van der Waals surface area contributed by atoms with Crippen molar-refractivity contribution < 1.29 is 9.18 Å². The van der Waals surface area contributed by atoms with Gasteiger partial charge in [-0.2, -0.15) is 5.10 Å². The normalized spacial score (nSPS) is 16.8. The quantitative estimate of drug-likeness (QED) is 0.819. The van der Waals surface area contributed by atoms with Crippen molar-refractivity contribution in [3.05, 3.63) is 53.1 Å². The van der Waals surface area contributed by atoms with Crippen LogP contribution in [0.2, 0.25) is 5.02 Å². The molecule has 3 rings (SSSR count). The molecule has 25 heavy (non-hydrogen) atoms. The number of halogens is 2. The first-order chi connectivity index (χ1) is 12.1. The molecule has 1 aromatic carbocycles. The third kappa shape index (κ3) is 4.19. The van der Waals surface area contributed by atoms with Gasteiger partial charge in [0.15, 0.2) is 0 Å². The van der Waals surface area contributed by atoms with E-state index in [4.69, 9.17) is 11.6 Å². The molecule has 2 heterocycles. The van der Waals surface area contributed by atoms with Gasteiger partial charge in [0.25, 0.3) is 0 Å². The molecule has 134 valence electrons. The first kappa shape index (κ1) is 17.9. The number of carbonyl (C=O) groups is 1. The second kappa shape index (κ2) is 7.97. The fraction of sp³-hybridized carbons (Fsp3) is 0.444. The smallest absolute Gasteiger partial charge is 0.247 e. The van der Waals surface area contributed by atoms with Crippen LogP contribution in [0.3, 0.4) is 0 Å². The van der Waals surface area contributed by atoms with E-state index in [1.807, 2.05) is 17.9 Å². The first-order valence-corrected chi connectivity index (χ1v) is 8.90. The molecule has 1 atom stereocenters. The number of benzene rings is 1. The predicted octanol–water partition coefficient (Wildman–Crippen LogP) is 2.97. The van der Waals surface area contributed by atoms with Gasteiger partial charge >= 0.3 is 0 Å². The van der Waals surface area contributed by atoms with Crippen molar-refractivity contribution >= 4 is 17.5 Å². The van der Waals surface area contributed by atoms with Gasteiger partial charge in [-0.1, -0.05) is 36.7 Å². The summed E-state index contributed by atoms with van der Waals surface area (Å²) < 4.78 is 15.4. The molecule has 1 saturated heterocycles. The monoisotopic (exact) mass is 364 g/mol. The Morgan fingerprint density at radius 3 is 2.60 bits per heavy atom. The van der Waals surface area contributed by atoms with Crippen molar-refractivity contribution in [3.8, 4) is 0 Å². The number of piperazine rings is 1. The van der Waals surface area contributed by atoms with Gasteiger partial charge in [0.2, 0.25) is 5.91 Å². The van der Waals surface area contributed by atoms with Crippen molar-refractivity contribution in [1.82, 2.24) is 19.6 Å². The third-order valence-electron chi connectivity index (χ3n) is 4.60. The van der Waals surface area contributed by atoms with Crippen LogP contribution in [-0.2, 0) is 11.3 Å². The van der Waals surface area contributed by atoms with Gasteiger partial charge in [-0.05, 0) is 12.5 Å². The Morgan fingerprint density at radius 1 is 1.28 bits per heavy atom. The lowest BCUT2D eigenvalue weighted by molar-refractivity contribution is -0.137. The molecular formula is C18H22ClFN4O. The fourth-order valence-corrected chi connectivity index (χ4v) is 3.31. The van der Waals surface area contributed by atoms with Gasteiger partial charge in [-0.25, -0.2) is 4.39 Å². The Bertz CT molecular complexity index is 727. The Hall–Kier alpha value is -1.92. The molecule has 1 fully saturated rings. The SMILES string of the molecule is CCC(C(=O)N1CCN(Cc2ccccc2F)CC1)n1cc(Cl)cn1. The number of hydrogen-bond acceptors (Lipinski definition) is 3. The van der Waals surface area contributed by atoms with Crippen LogP contribution in [-0.4, -0.2) is 51.7 Å². The van der Waals surface area contributed by atoms with E-state index in [2.05, 4.69) is 10.00 Å². The van der Waals surface area contributed by atoms with Crippen molar-refractivity contribution in [1.29, 1.82) is 0 Å². The van der Waals surface area contributed by atoms with Gasteiger partial charge in [0.1, 0.15) is 11.9 Å². The number of hydrogen-bond donors (Lipinski definition) is 0. The molecule has 1 aromatic heterocycles. The molecule has 0 radical (unpaired) electrons. The lowest BCUT2D eigenvalue weighted by atomic mass is 10.1. The molecular weight excluding hydrogens is 343 g/mol. The van der Waals surface area contributed by atoms with Crippen molar-refractivity contribution in [2.24, 2.45) is 0 Å². The fourth-order valence-electron chi connectivity index (χ4n) is 3.16. The summed E-state index contributed by atoms with van der Waals surface area (Å²) >= 11 is 5.92. The zero-order valence-electron chi connectivity index (χ0n) is 14.2. The van der Waals surface area contributed by atoms with Crippen LogP contribution >= 0.6 is 11.6 Å². The van der Waals surface area contributed by atoms with Crippen LogP contribution in [0.25, 0.3) is 0 Å². The maximum atomic E-state index is 13.8. The average Bonchev–Trinajstić information content (AvgIpc) is 3.04. The van der Waals surface area contributed by atoms with E-state index in [1.165, 1.54) is 6.07 Å². The molecule has 0 aliphatic carbocycles.